The summed E-state index contributed by atoms with van der Waals surface area (Å²) in [5, 5.41) is 0. The molecule has 0 aromatic heterocycles. The van der Waals surface area contributed by atoms with Crippen molar-refractivity contribution in [2.45, 2.75) is 316 Å². The standard InChI is InChI=1S/C62H112O6/c1-4-7-10-13-16-19-21-23-24-25-26-27-28-29-30-31-32-33-34-35-36-37-38-39-41-43-46-49-52-55-61(64)67-58-59(57-66-60(63)54-51-48-45-42-18-15-12-9-6-3)68-62(65)56-53-50-47-44-40-22-20-17-14-11-8-5-2/h7,10,16,19,23-24,26-27,59H,4-6,8-9,11-15,17-18,20-22,25,28-58H2,1-3H3/b10-7-,19-16-,24-23-,27-26-. The molecule has 0 aliphatic rings. The lowest BCUT2D eigenvalue weighted by molar-refractivity contribution is -0.167. The summed E-state index contributed by atoms with van der Waals surface area (Å²) in [5.41, 5.74) is 0. The van der Waals surface area contributed by atoms with Crippen LogP contribution in [0.2, 0.25) is 0 Å². The molecule has 0 rings (SSSR count). The van der Waals surface area contributed by atoms with Crippen LogP contribution < -0.4 is 0 Å². The maximum atomic E-state index is 12.8. The van der Waals surface area contributed by atoms with Crippen LogP contribution in [-0.4, -0.2) is 37.2 Å². The van der Waals surface area contributed by atoms with Gasteiger partial charge >= 0.3 is 17.9 Å². The molecule has 0 bridgehead atoms. The van der Waals surface area contributed by atoms with E-state index >= 15 is 0 Å². The van der Waals surface area contributed by atoms with Crippen molar-refractivity contribution in [3.63, 3.8) is 0 Å². The van der Waals surface area contributed by atoms with Gasteiger partial charge in [0.05, 0.1) is 0 Å². The normalized spacial score (nSPS) is 12.3. The third-order valence-corrected chi connectivity index (χ3v) is 13.1. The van der Waals surface area contributed by atoms with Gasteiger partial charge in [-0.3, -0.25) is 14.4 Å². The molecular formula is C62H112O6. The Morgan fingerprint density at radius 3 is 0.897 bits per heavy atom. The number of rotatable bonds is 54. The molecule has 68 heavy (non-hydrogen) atoms. The Balaban J connectivity index is 4.06. The number of esters is 3. The molecule has 0 fully saturated rings. The van der Waals surface area contributed by atoms with Crippen LogP contribution in [0.1, 0.15) is 310 Å². The van der Waals surface area contributed by atoms with E-state index in [1.165, 1.54) is 186 Å². The maximum Gasteiger partial charge on any atom is 0.306 e. The van der Waals surface area contributed by atoms with E-state index in [0.29, 0.717) is 19.3 Å². The topological polar surface area (TPSA) is 78.9 Å². The number of allylic oxidation sites excluding steroid dienone is 8. The minimum Gasteiger partial charge on any atom is -0.462 e. The highest BCUT2D eigenvalue weighted by molar-refractivity contribution is 5.71. The van der Waals surface area contributed by atoms with Crippen LogP contribution in [0.5, 0.6) is 0 Å². The van der Waals surface area contributed by atoms with Crippen LogP contribution in [-0.2, 0) is 28.6 Å². The summed E-state index contributed by atoms with van der Waals surface area (Å²) in [6.07, 6.45) is 69.9. The molecule has 1 unspecified atom stereocenters. The first kappa shape index (κ1) is 65.4. The van der Waals surface area contributed by atoms with Crippen molar-refractivity contribution in [1.82, 2.24) is 0 Å². The zero-order chi connectivity index (χ0) is 49.3. The second-order valence-corrected chi connectivity index (χ2v) is 19.9. The molecular weight excluding hydrogens is 841 g/mol. The number of ether oxygens (including phenoxy) is 3. The Morgan fingerprint density at radius 1 is 0.309 bits per heavy atom. The SMILES string of the molecule is CC/C=C\C/C=C\C/C=C\C/C=C\CCCCCCCCCCCCCCCCCCC(=O)OCC(COC(=O)CCCCCCCCCCC)OC(=O)CCCCCCCCCCCCCC. The molecule has 396 valence electrons. The average molecular weight is 954 g/mol. The molecule has 0 aromatic carbocycles. The van der Waals surface area contributed by atoms with Gasteiger partial charge in [-0.05, 0) is 57.8 Å². The highest BCUT2D eigenvalue weighted by atomic mass is 16.6. The summed E-state index contributed by atoms with van der Waals surface area (Å²) in [5.74, 6) is -0.854. The van der Waals surface area contributed by atoms with Gasteiger partial charge in [-0.15, -0.1) is 0 Å². The summed E-state index contributed by atoms with van der Waals surface area (Å²) in [6.45, 7) is 6.54. The third-order valence-electron chi connectivity index (χ3n) is 13.1. The van der Waals surface area contributed by atoms with Crippen LogP contribution in [0.25, 0.3) is 0 Å². The molecule has 0 amide bonds. The Morgan fingerprint density at radius 2 is 0.574 bits per heavy atom. The highest BCUT2D eigenvalue weighted by Gasteiger charge is 2.19. The Bertz CT molecular complexity index is 1190. The predicted molar refractivity (Wildman–Crippen MR) is 293 cm³/mol. The van der Waals surface area contributed by atoms with Gasteiger partial charge in [0.25, 0.3) is 0 Å². The van der Waals surface area contributed by atoms with Gasteiger partial charge in [0, 0.05) is 19.3 Å². The Labute approximate surface area is 422 Å². The first-order valence-electron chi connectivity index (χ1n) is 29.6. The predicted octanol–water partition coefficient (Wildman–Crippen LogP) is 19.8. The third kappa shape index (κ3) is 54.3. The van der Waals surface area contributed by atoms with Gasteiger partial charge in [-0.2, -0.15) is 0 Å². The van der Waals surface area contributed by atoms with Gasteiger partial charge in [0.15, 0.2) is 6.10 Å². The smallest absolute Gasteiger partial charge is 0.306 e. The zero-order valence-corrected chi connectivity index (χ0v) is 45.4. The van der Waals surface area contributed by atoms with Crippen LogP contribution >= 0.6 is 0 Å². The molecule has 6 nitrogen and oxygen atoms in total. The average Bonchev–Trinajstić information content (AvgIpc) is 3.34. The van der Waals surface area contributed by atoms with Gasteiger partial charge in [-0.1, -0.05) is 281 Å². The minimum atomic E-state index is -0.765. The summed E-state index contributed by atoms with van der Waals surface area (Å²) < 4.78 is 16.8. The molecule has 0 spiro atoms. The van der Waals surface area contributed by atoms with Gasteiger partial charge < -0.3 is 14.2 Å². The Kier molecular flexibility index (Phi) is 54.8. The van der Waals surface area contributed by atoms with Crippen LogP contribution in [0, 0.1) is 0 Å². The number of carbonyl (C=O) groups excluding carboxylic acids is 3. The van der Waals surface area contributed by atoms with Crippen LogP contribution in [0.15, 0.2) is 48.6 Å². The van der Waals surface area contributed by atoms with Crippen molar-refractivity contribution in [2.75, 3.05) is 13.2 Å². The zero-order valence-electron chi connectivity index (χ0n) is 45.4. The van der Waals surface area contributed by atoms with Gasteiger partial charge in [0.1, 0.15) is 13.2 Å². The van der Waals surface area contributed by atoms with E-state index in [1.807, 2.05) is 0 Å². The minimum absolute atomic E-state index is 0.0671. The molecule has 0 saturated heterocycles. The molecule has 0 saturated carbocycles. The number of carbonyl (C=O) groups is 3. The van der Waals surface area contributed by atoms with Crippen LogP contribution in [0.3, 0.4) is 0 Å². The molecule has 1 atom stereocenters. The maximum absolute atomic E-state index is 12.8. The fourth-order valence-corrected chi connectivity index (χ4v) is 8.67. The molecule has 0 aliphatic carbocycles. The number of hydrogen-bond acceptors (Lipinski definition) is 6. The Hall–Kier alpha value is -2.63. The van der Waals surface area contributed by atoms with E-state index in [2.05, 4.69) is 69.4 Å². The second-order valence-electron chi connectivity index (χ2n) is 19.9. The number of unbranched alkanes of at least 4 members (excludes halogenated alkanes) is 35. The summed E-state index contributed by atoms with van der Waals surface area (Å²) in [4.78, 5) is 38.0. The van der Waals surface area contributed by atoms with E-state index in [-0.39, 0.29) is 31.1 Å². The van der Waals surface area contributed by atoms with Crippen molar-refractivity contribution < 1.29 is 28.6 Å². The largest absolute Gasteiger partial charge is 0.462 e. The molecule has 0 heterocycles. The summed E-state index contributed by atoms with van der Waals surface area (Å²) >= 11 is 0. The lowest BCUT2D eigenvalue weighted by Crippen LogP contribution is -2.30. The van der Waals surface area contributed by atoms with E-state index < -0.39 is 6.10 Å². The first-order valence-corrected chi connectivity index (χ1v) is 29.6. The highest BCUT2D eigenvalue weighted by Crippen LogP contribution is 2.17. The monoisotopic (exact) mass is 953 g/mol. The lowest BCUT2D eigenvalue weighted by Gasteiger charge is -2.18. The molecule has 0 N–H and O–H groups in total. The first-order chi connectivity index (χ1) is 33.5. The van der Waals surface area contributed by atoms with Crippen LogP contribution in [0.4, 0.5) is 0 Å². The van der Waals surface area contributed by atoms with Crippen molar-refractivity contribution in [1.29, 1.82) is 0 Å². The van der Waals surface area contributed by atoms with E-state index in [1.54, 1.807) is 0 Å². The summed E-state index contributed by atoms with van der Waals surface area (Å²) in [6, 6.07) is 0. The fraction of sp³-hybridized carbons (Fsp3) is 0.823. The molecule has 6 heteroatoms. The number of hydrogen-bond donors (Lipinski definition) is 0. The molecule has 0 aromatic rings. The van der Waals surface area contributed by atoms with Crippen molar-refractivity contribution in [3.8, 4) is 0 Å². The fourth-order valence-electron chi connectivity index (χ4n) is 8.67. The van der Waals surface area contributed by atoms with E-state index in [0.717, 1.165) is 83.5 Å². The second kappa shape index (κ2) is 57.0. The van der Waals surface area contributed by atoms with Gasteiger partial charge in [-0.25, -0.2) is 0 Å². The van der Waals surface area contributed by atoms with Crippen molar-refractivity contribution >= 4 is 17.9 Å². The lowest BCUT2D eigenvalue weighted by atomic mass is 10.0. The van der Waals surface area contributed by atoms with E-state index in [4.69, 9.17) is 14.2 Å². The summed E-state index contributed by atoms with van der Waals surface area (Å²) in [7, 11) is 0. The van der Waals surface area contributed by atoms with Crippen molar-refractivity contribution in [3.05, 3.63) is 48.6 Å². The quantitative estimate of drug-likeness (QED) is 0.0262. The van der Waals surface area contributed by atoms with Gasteiger partial charge in [0.2, 0.25) is 0 Å². The molecule has 0 aliphatic heterocycles. The van der Waals surface area contributed by atoms with Crippen molar-refractivity contribution in [2.24, 2.45) is 0 Å². The van der Waals surface area contributed by atoms with E-state index in [9.17, 15) is 14.4 Å². The molecule has 0 radical (unpaired) electrons.